The van der Waals surface area contributed by atoms with E-state index in [4.69, 9.17) is 4.74 Å². The fourth-order valence-electron chi connectivity index (χ4n) is 4.77. The van der Waals surface area contributed by atoms with Crippen molar-refractivity contribution in [2.45, 2.75) is 63.1 Å². The van der Waals surface area contributed by atoms with Crippen LogP contribution in [-0.2, 0) is 11.3 Å². The average Bonchev–Trinajstić information content (AvgIpc) is 3.12. The third-order valence-corrected chi connectivity index (χ3v) is 7.45. The van der Waals surface area contributed by atoms with Crippen LogP contribution >= 0.6 is 11.3 Å². The zero-order valence-electron chi connectivity index (χ0n) is 15.2. The summed E-state index contributed by atoms with van der Waals surface area (Å²) in [5.41, 5.74) is 0. The van der Waals surface area contributed by atoms with Gasteiger partial charge in [0.2, 0.25) is 0 Å². The maximum Gasteiger partial charge on any atom is 0.0822 e. The molecule has 2 atom stereocenters. The largest absolute Gasteiger partial charge is 0.390 e. The predicted octanol–water partition coefficient (Wildman–Crippen LogP) is 3.06. The second-order valence-electron chi connectivity index (χ2n) is 7.95. The van der Waals surface area contributed by atoms with Gasteiger partial charge in [0.25, 0.3) is 0 Å². The van der Waals surface area contributed by atoms with Crippen LogP contribution in [0.5, 0.6) is 0 Å². The van der Waals surface area contributed by atoms with Crippen LogP contribution in [0.2, 0.25) is 0 Å². The summed E-state index contributed by atoms with van der Waals surface area (Å²) in [6, 6.07) is 5.02. The van der Waals surface area contributed by atoms with E-state index in [1.54, 1.807) is 4.88 Å². The highest BCUT2D eigenvalue weighted by atomic mass is 32.1. The molecular formula is C20H32N2O2S. The fourth-order valence-corrected chi connectivity index (χ4v) is 5.99. The quantitative estimate of drug-likeness (QED) is 0.891. The van der Waals surface area contributed by atoms with Crippen molar-refractivity contribution < 1.29 is 9.84 Å². The van der Waals surface area contributed by atoms with Gasteiger partial charge in [0.15, 0.2) is 0 Å². The lowest BCUT2D eigenvalue weighted by atomic mass is 9.88. The van der Waals surface area contributed by atoms with Gasteiger partial charge >= 0.3 is 0 Å². The standard InChI is InChI=1S/C20H32N2O2S/c23-19-15-21(9-8-18(19)22-10-12-24-13-11-22)14-17-6-7-20(25-17)16-4-2-1-3-5-16/h6-7,16,18-19,23H,1-5,8-15H2/t18-,19-/m1/s1. The van der Waals surface area contributed by atoms with Gasteiger partial charge in [-0.1, -0.05) is 19.3 Å². The Kier molecular flexibility index (Phi) is 6.09. The number of likely N-dealkylation sites (tertiary alicyclic amines) is 1. The Morgan fingerprint density at radius 3 is 2.60 bits per heavy atom. The van der Waals surface area contributed by atoms with Crippen LogP contribution in [0.4, 0.5) is 0 Å². The van der Waals surface area contributed by atoms with Gasteiger partial charge in [0.1, 0.15) is 0 Å². The average molecular weight is 365 g/mol. The summed E-state index contributed by atoms with van der Waals surface area (Å²) in [6.45, 7) is 6.46. The maximum atomic E-state index is 10.7. The van der Waals surface area contributed by atoms with Gasteiger partial charge in [-0.2, -0.15) is 0 Å². The first-order valence-electron chi connectivity index (χ1n) is 10.1. The number of morpholine rings is 1. The molecule has 0 radical (unpaired) electrons. The number of piperidine rings is 1. The van der Waals surface area contributed by atoms with Crippen LogP contribution in [0.15, 0.2) is 12.1 Å². The van der Waals surface area contributed by atoms with Gasteiger partial charge < -0.3 is 9.84 Å². The summed E-state index contributed by atoms with van der Waals surface area (Å²) >= 11 is 2.01. The molecule has 1 aliphatic carbocycles. The molecule has 5 heteroatoms. The summed E-state index contributed by atoms with van der Waals surface area (Å²) in [5, 5.41) is 10.7. The fraction of sp³-hybridized carbons (Fsp3) is 0.800. The Morgan fingerprint density at radius 2 is 1.84 bits per heavy atom. The molecule has 1 aromatic rings. The number of rotatable bonds is 4. The van der Waals surface area contributed by atoms with E-state index >= 15 is 0 Å². The van der Waals surface area contributed by atoms with E-state index in [1.165, 1.54) is 37.0 Å². The Labute approximate surface area is 155 Å². The smallest absolute Gasteiger partial charge is 0.0822 e. The van der Waals surface area contributed by atoms with Crippen molar-refractivity contribution in [1.29, 1.82) is 0 Å². The second kappa shape index (κ2) is 8.49. The lowest BCUT2D eigenvalue weighted by Gasteiger charge is -2.42. The number of nitrogens with zero attached hydrogens (tertiary/aromatic N) is 2. The molecule has 1 aromatic heterocycles. The Bertz CT molecular complexity index is 538. The normalized spacial score (nSPS) is 30.6. The number of hydrogen-bond donors (Lipinski definition) is 1. The van der Waals surface area contributed by atoms with Gasteiger partial charge in [0.05, 0.1) is 19.3 Å². The first kappa shape index (κ1) is 17.9. The Morgan fingerprint density at radius 1 is 1.04 bits per heavy atom. The van der Waals surface area contributed by atoms with Crippen LogP contribution < -0.4 is 0 Å². The summed E-state index contributed by atoms with van der Waals surface area (Å²) < 4.78 is 5.45. The molecule has 25 heavy (non-hydrogen) atoms. The molecule has 1 N–H and O–H groups in total. The zero-order chi connectivity index (χ0) is 17.1. The molecule has 0 unspecified atom stereocenters. The van der Waals surface area contributed by atoms with Gasteiger partial charge in [-0.05, 0) is 37.3 Å². The maximum absolute atomic E-state index is 10.7. The second-order valence-corrected chi connectivity index (χ2v) is 9.15. The molecule has 0 bridgehead atoms. The molecule has 2 saturated heterocycles. The van der Waals surface area contributed by atoms with E-state index in [-0.39, 0.29) is 6.10 Å². The van der Waals surface area contributed by atoms with E-state index in [0.29, 0.717) is 6.04 Å². The molecule has 1 saturated carbocycles. The first-order chi connectivity index (χ1) is 12.3. The molecule has 4 rings (SSSR count). The minimum absolute atomic E-state index is 0.232. The molecule has 0 spiro atoms. The number of β-amino-alcohol motifs (C(OH)–C–C–N with tert-alkyl or cyclic N) is 1. The minimum Gasteiger partial charge on any atom is -0.390 e. The van der Waals surface area contributed by atoms with Gasteiger partial charge in [0, 0.05) is 48.5 Å². The minimum atomic E-state index is -0.232. The Hall–Kier alpha value is -0.460. The molecule has 140 valence electrons. The van der Waals surface area contributed by atoms with Gasteiger partial charge in [-0.15, -0.1) is 11.3 Å². The monoisotopic (exact) mass is 364 g/mol. The molecule has 0 amide bonds. The topological polar surface area (TPSA) is 35.9 Å². The Balaban J connectivity index is 1.29. The summed E-state index contributed by atoms with van der Waals surface area (Å²) in [4.78, 5) is 7.94. The number of hydrogen-bond acceptors (Lipinski definition) is 5. The third-order valence-electron chi connectivity index (χ3n) is 6.21. The van der Waals surface area contributed by atoms with Crippen molar-refractivity contribution in [2.75, 3.05) is 39.4 Å². The van der Waals surface area contributed by atoms with Crippen molar-refractivity contribution in [3.05, 3.63) is 21.9 Å². The lowest BCUT2D eigenvalue weighted by Crippen LogP contribution is -2.56. The van der Waals surface area contributed by atoms with Crippen molar-refractivity contribution in [3.8, 4) is 0 Å². The molecular weight excluding hydrogens is 332 g/mol. The zero-order valence-corrected chi connectivity index (χ0v) is 16.1. The van der Waals surface area contributed by atoms with Crippen molar-refractivity contribution in [1.82, 2.24) is 9.80 Å². The van der Waals surface area contributed by atoms with E-state index in [2.05, 4.69) is 21.9 Å². The number of ether oxygens (including phenoxy) is 1. The van der Waals surface area contributed by atoms with E-state index in [9.17, 15) is 5.11 Å². The highest BCUT2D eigenvalue weighted by Crippen LogP contribution is 2.36. The van der Waals surface area contributed by atoms with Crippen LogP contribution in [0.25, 0.3) is 0 Å². The lowest BCUT2D eigenvalue weighted by molar-refractivity contribution is -0.0532. The van der Waals surface area contributed by atoms with Crippen LogP contribution in [-0.4, -0.2) is 66.4 Å². The van der Waals surface area contributed by atoms with E-state index < -0.39 is 0 Å². The molecule has 3 heterocycles. The van der Waals surface area contributed by atoms with Gasteiger partial charge in [-0.3, -0.25) is 9.80 Å². The number of aliphatic hydroxyl groups is 1. The third kappa shape index (κ3) is 4.45. The van der Waals surface area contributed by atoms with Gasteiger partial charge in [-0.25, -0.2) is 0 Å². The van der Waals surface area contributed by atoms with Crippen molar-refractivity contribution in [2.24, 2.45) is 0 Å². The van der Waals surface area contributed by atoms with E-state index in [0.717, 1.165) is 58.3 Å². The first-order valence-corrected chi connectivity index (χ1v) is 10.9. The van der Waals surface area contributed by atoms with Crippen molar-refractivity contribution in [3.63, 3.8) is 0 Å². The predicted molar refractivity (Wildman–Crippen MR) is 102 cm³/mol. The summed E-state index contributed by atoms with van der Waals surface area (Å²) in [5.74, 6) is 0.810. The molecule has 2 aliphatic heterocycles. The molecule has 4 nitrogen and oxygen atoms in total. The highest BCUT2D eigenvalue weighted by Gasteiger charge is 2.32. The van der Waals surface area contributed by atoms with Crippen LogP contribution in [0.1, 0.15) is 54.2 Å². The molecule has 3 aliphatic rings. The number of aliphatic hydroxyl groups excluding tert-OH is 1. The SMILES string of the molecule is O[C@@H]1CN(Cc2ccc(C3CCCCC3)s2)CC[C@H]1N1CCOCC1. The van der Waals surface area contributed by atoms with E-state index in [1.807, 2.05) is 11.3 Å². The molecule has 3 fully saturated rings. The summed E-state index contributed by atoms with van der Waals surface area (Å²) in [7, 11) is 0. The number of thiophene rings is 1. The van der Waals surface area contributed by atoms with Crippen LogP contribution in [0.3, 0.4) is 0 Å². The highest BCUT2D eigenvalue weighted by molar-refractivity contribution is 7.12. The summed E-state index contributed by atoms with van der Waals surface area (Å²) in [6.07, 6.45) is 7.82. The molecule has 0 aromatic carbocycles. The van der Waals surface area contributed by atoms with Crippen LogP contribution in [0, 0.1) is 0 Å². The van der Waals surface area contributed by atoms with Crippen molar-refractivity contribution >= 4 is 11.3 Å².